The van der Waals surface area contributed by atoms with E-state index in [4.69, 9.17) is 27.9 Å². The average Bonchev–Trinajstić information content (AvgIpc) is 2.83. The second-order valence-electron chi connectivity index (χ2n) is 5.17. The molecule has 0 spiro atoms. The van der Waals surface area contributed by atoms with Crippen LogP contribution in [-0.4, -0.2) is 28.7 Å². The monoisotopic (exact) mass is 363 g/mol. The van der Waals surface area contributed by atoms with E-state index in [9.17, 15) is 14.4 Å². The zero-order chi connectivity index (χ0) is 17.4. The fourth-order valence-corrected chi connectivity index (χ4v) is 2.75. The Labute approximate surface area is 147 Å². The van der Waals surface area contributed by atoms with Gasteiger partial charge >= 0.3 is 5.97 Å². The molecule has 0 radical (unpaired) electrons. The molecule has 0 bridgehead atoms. The number of fused-ring (bicyclic) bond motifs is 1. The van der Waals surface area contributed by atoms with E-state index in [1.807, 2.05) is 0 Å². The lowest BCUT2D eigenvalue weighted by Crippen LogP contribution is -2.44. The topological polar surface area (TPSA) is 63.7 Å². The minimum atomic E-state index is -1.10. The van der Waals surface area contributed by atoms with Crippen LogP contribution in [0.5, 0.6) is 5.75 Å². The standard InChI is InChI=1S/C17H11Cl2NO4/c1-9(17(23)24-13-8-4-7-12(18)14(13)19)20-15(21)10-5-2-3-6-11(10)16(20)22/h2-9H,1H3/t9-/m0/s1. The van der Waals surface area contributed by atoms with Crippen LogP contribution in [0.4, 0.5) is 0 Å². The van der Waals surface area contributed by atoms with Crippen molar-refractivity contribution in [1.29, 1.82) is 0 Å². The summed E-state index contributed by atoms with van der Waals surface area (Å²) in [4.78, 5) is 38.0. The van der Waals surface area contributed by atoms with E-state index in [0.717, 1.165) is 4.90 Å². The smallest absolute Gasteiger partial charge is 0.334 e. The lowest BCUT2D eigenvalue weighted by atomic mass is 10.1. The number of carbonyl (C=O) groups is 3. The Bertz CT molecular complexity index is 830. The third-order valence-corrected chi connectivity index (χ3v) is 4.48. The molecule has 0 unspecified atom stereocenters. The van der Waals surface area contributed by atoms with Gasteiger partial charge in [-0.25, -0.2) is 4.79 Å². The fourth-order valence-electron chi connectivity index (χ4n) is 2.42. The first-order valence-electron chi connectivity index (χ1n) is 7.04. The molecule has 0 fully saturated rings. The summed E-state index contributed by atoms with van der Waals surface area (Å²) in [7, 11) is 0. The van der Waals surface area contributed by atoms with Gasteiger partial charge < -0.3 is 4.74 Å². The summed E-state index contributed by atoms with van der Waals surface area (Å²) in [5.41, 5.74) is 0.533. The molecular weight excluding hydrogens is 353 g/mol. The van der Waals surface area contributed by atoms with E-state index < -0.39 is 23.8 Å². The molecule has 1 heterocycles. The van der Waals surface area contributed by atoms with E-state index in [1.165, 1.54) is 13.0 Å². The summed E-state index contributed by atoms with van der Waals surface area (Å²) in [6.45, 7) is 1.42. The number of carbonyl (C=O) groups excluding carboxylic acids is 3. The molecule has 122 valence electrons. The number of hydrogen-bond acceptors (Lipinski definition) is 4. The van der Waals surface area contributed by atoms with E-state index in [-0.39, 0.29) is 26.9 Å². The summed E-state index contributed by atoms with van der Waals surface area (Å²) < 4.78 is 5.19. The molecule has 1 aliphatic rings. The number of rotatable bonds is 3. The minimum Gasteiger partial charge on any atom is -0.423 e. The van der Waals surface area contributed by atoms with Gasteiger partial charge in [-0.1, -0.05) is 41.4 Å². The molecule has 7 heteroatoms. The van der Waals surface area contributed by atoms with Crippen LogP contribution in [0.3, 0.4) is 0 Å². The zero-order valence-electron chi connectivity index (χ0n) is 12.5. The van der Waals surface area contributed by atoms with Gasteiger partial charge in [0.2, 0.25) is 0 Å². The van der Waals surface area contributed by atoms with Crippen molar-refractivity contribution in [2.24, 2.45) is 0 Å². The van der Waals surface area contributed by atoms with Crippen LogP contribution in [0, 0.1) is 0 Å². The van der Waals surface area contributed by atoms with Crippen LogP contribution in [0.1, 0.15) is 27.6 Å². The third-order valence-electron chi connectivity index (χ3n) is 3.68. The quantitative estimate of drug-likeness (QED) is 0.474. The number of ether oxygens (including phenoxy) is 1. The van der Waals surface area contributed by atoms with Gasteiger partial charge in [-0.05, 0) is 31.2 Å². The number of nitrogens with zero attached hydrogens (tertiary/aromatic N) is 1. The molecule has 2 aromatic carbocycles. The molecule has 0 aliphatic carbocycles. The van der Waals surface area contributed by atoms with Crippen LogP contribution in [0.2, 0.25) is 10.0 Å². The Kier molecular flexibility index (Phi) is 4.30. The van der Waals surface area contributed by atoms with Gasteiger partial charge in [0.05, 0.1) is 16.1 Å². The molecule has 0 N–H and O–H groups in total. The number of esters is 1. The molecule has 5 nitrogen and oxygen atoms in total. The van der Waals surface area contributed by atoms with E-state index in [0.29, 0.717) is 0 Å². The maximum atomic E-state index is 12.4. The second-order valence-corrected chi connectivity index (χ2v) is 5.96. The summed E-state index contributed by atoms with van der Waals surface area (Å²) >= 11 is 11.8. The first-order valence-corrected chi connectivity index (χ1v) is 7.80. The maximum Gasteiger partial charge on any atom is 0.334 e. The van der Waals surface area contributed by atoms with Crippen molar-refractivity contribution in [2.75, 3.05) is 0 Å². The van der Waals surface area contributed by atoms with Crippen molar-refractivity contribution in [3.05, 3.63) is 63.6 Å². The van der Waals surface area contributed by atoms with Crippen LogP contribution in [-0.2, 0) is 4.79 Å². The van der Waals surface area contributed by atoms with Crippen molar-refractivity contribution in [1.82, 2.24) is 4.90 Å². The third kappa shape index (κ3) is 2.66. The molecular formula is C17H11Cl2NO4. The Morgan fingerprint density at radius 3 is 2.17 bits per heavy atom. The fraction of sp³-hybridized carbons (Fsp3) is 0.118. The number of benzene rings is 2. The van der Waals surface area contributed by atoms with Gasteiger partial charge in [0.1, 0.15) is 11.1 Å². The summed E-state index contributed by atoms with van der Waals surface area (Å²) in [5.74, 6) is -1.78. The number of imide groups is 1. The molecule has 2 amide bonds. The Morgan fingerprint density at radius 1 is 1.00 bits per heavy atom. The minimum absolute atomic E-state index is 0.0672. The normalized spacial score (nSPS) is 14.5. The van der Waals surface area contributed by atoms with Crippen molar-refractivity contribution in [2.45, 2.75) is 13.0 Å². The molecule has 24 heavy (non-hydrogen) atoms. The van der Waals surface area contributed by atoms with Crippen molar-refractivity contribution < 1.29 is 19.1 Å². The molecule has 0 saturated heterocycles. The van der Waals surface area contributed by atoms with Crippen LogP contribution in [0.15, 0.2) is 42.5 Å². The predicted molar refractivity (Wildman–Crippen MR) is 88.5 cm³/mol. The number of halogens is 2. The number of hydrogen-bond donors (Lipinski definition) is 0. The van der Waals surface area contributed by atoms with E-state index >= 15 is 0 Å². The molecule has 0 saturated carbocycles. The SMILES string of the molecule is C[C@@H](C(=O)Oc1cccc(Cl)c1Cl)N1C(=O)c2ccccc2C1=O. The second kappa shape index (κ2) is 6.26. The molecule has 1 atom stereocenters. The first-order chi connectivity index (χ1) is 11.4. The van der Waals surface area contributed by atoms with Crippen molar-refractivity contribution >= 4 is 41.0 Å². The predicted octanol–water partition coefficient (Wildman–Crippen LogP) is 3.58. The maximum absolute atomic E-state index is 12.4. The van der Waals surface area contributed by atoms with E-state index in [1.54, 1.807) is 36.4 Å². The Balaban J connectivity index is 1.83. The average molecular weight is 364 g/mol. The largest absolute Gasteiger partial charge is 0.423 e. The van der Waals surface area contributed by atoms with Gasteiger partial charge in [-0.15, -0.1) is 0 Å². The highest BCUT2D eigenvalue weighted by molar-refractivity contribution is 6.43. The Morgan fingerprint density at radius 2 is 1.58 bits per heavy atom. The molecule has 3 rings (SSSR count). The zero-order valence-corrected chi connectivity index (χ0v) is 14.0. The van der Waals surface area contributed by atoms with Crippen LogP contribution >= 0.6 is 23.2 Å². The van der Waals surface area contributed by atoms with Crippen LogP contribution in [0.25, 0.3) is 0 Å². The lowest BCUT2D eigenvalue weighted by Gasteiger charge is -2.21. The molecule has 0 aromatic heterocycles. The highest BCUT2D eigenvalue weighted by atomic mass is 35.5. The first kappa shape index (κ1) is 16.5. The van der Waals surface area contributed by atoms with Gasteiger partial charge in [0, 0.05) is 0 Å². The van der Waals surface area contributed by atoms with Crippen molar-refractivity contribution in [3.8, 4) is 5.75 Å². The van der Waals surface area contributed by atoms with E-state index in [2.05, 4.69) is 0 Å². The highest BCUT2D eigenvalue weighted by Crippen LogP contribution is 2.32. The van der Waals surface area contributed by atoms with Crippen LogP contribution < -0.4 is 4.74 Å². The summed E-state index contributed by atoms with van der Waals surface area (Å²) in [6.07, 6.45) is 0. The van der Waals surface area contributed by atoms with Gasteiger partial charge in [-0.2, -0.15) is 0 Å². The summed E-state index contributed by atoms with van der Waals surface area (Å²) in [6, 6.07) is 9.89. The molecule has 2 aromatic rings. The summed E-state index contributed by atoms with van der Waals surface area (Å²) in [5, 5.41) is 0.317. The number of amides is 2. The van der Waals surface area contributed by atoms with Gasteiger partial charge in [0.15, 0.2) is 5.75 Å². The van der Waals surface area contributed by atoms with Gasteiger partial charge in [-0.3, -0.25) is 14.5 Å². The molecule has 1 aliphatic heterocycles. The Hall–Kier alpha value is -2.37. The lowest BCUT2D eigenvalue weighted by molar-refractivity contribution is -0.138. The highest BCUT2D eigenvalue weighted by Gasteiger charge is 2.41. The van der Waals surface area contributed by atoms with Gasteiger partial charge in [0.25, 0.3) is 11.8 Å². The van der Waals surface area contributed by atoms with Crippen molar-refractivity contribution in [3.63, 3.8) is 0 Å².